The van der Waals surface area contributed by atoms with Crippen molar-refractivity contribution in [3.8, 4) is 23.0 Å². The highest BCUT2D eigenvalue weighted by Crippen LogP contribution is 2.34. The van der Waals surface area contributed by atoms with Crippen LogP contribution in [0, 0.1) is 0 Å². The molecule has 0 heterocycles. The topological polar surface area (TPSA) is 61.0 Å². The normalized spacial score (nSPS) is 10.0. The van der Waals surface area contributed by atoms with Gasteiger partial charge in [0.25, 0.3) is 0 Å². The van der Waals surface area contributed by atoms with Crippen LogP contribution in [-0.4, -0.2) is 33.0 Å². The summed E-state index contributed by atoms with van der Waals surface area (Å²) in [5.41, 5.74) is 1.78. The lowest BCUT2D eigenvalue weighted by molar-refractivity contribution is 0.340. The van der Waals surface area contributed by atoms with E-state index in [9.17, 15) is 0 Å². The molecular weight excluding hydrogens is 352 g/mol. The van der Waals surface area contributed by atoms with Crippen LogP contribution >= 0.6 is 12.2 Å². The van der Waals surface area contributed by atoms with Gasteiger partial charge in [-0.25, -0.2) is 0 Å². The molecule has 0 bridgehead atoms. The monoisotopic (exact) mass is 376 g/mol. The Morgan fingerprint density at radius 2 is 1.54 bits per heavy atom. The van der Waals surface area contributed by atoms with Gasteiger partial charge in [0.15, 0.2) is 16.6 Å². The van der Waals surface area contributed by atoms with Crippen LogP contribution in [0.4, 0.5) is 5.69 Å². The number of anilines is 1. The smallest absolute Gasteiger partial charge is 0.171 e. The van der Waals surface area contributed by atoms with Gasteiger partial charge in [0.2, 0.25) is 0 Å². The SMILES string of the molecule is CCOc1ccc(NC(=S)NCc2cc(OC)c(OC)cc2OC)cc1. The average Bonchev–Trinajstić information content (AvgIpc) is 2.67. The third-order valence-electron chi connectivity index (χ3n) is 3.65. The van der Waals surface area contributed by atoms with Gasteiger partial charge >= 0.3 is 0 Å². The minimum absolute atomic E-state index is 0.479. The molecule has 0 unspecified atom stereocenters. The van der Waals surface area contributed by atoms with Crippen molar-refractivity contribution in [3.05, 3.63) is 42.0 Å². The van der Waals surface area contributed by atoms with Crippen LogP contribution in [0.25, 0.3) is 0 Å². The maximum absolute atomic E-state index is 5.43. The first kappa shape index (κ1) is 19.7. The van der Waals surface area contributed by atoms with Crippen molar-refractivity contribution in [1.29, 1.82) is 0 Å². The van der Waals surface area contributed by atoms with Crippen molar-refractivity contribution in [2.45, 2.75) is 13.5 Å². The maximum Gasteiger partial charge on any atom is 0.171 e. The third kappa shape index (κ3) is 5.16. The minimum atomic E-state index is 0.479. The third-order valence-corrected chi connectivity index (χ3v) is 3.90. The Hall–Kier alpha value is -2.67. The van der Waals surface area contributed by atoms with E-state index in [0.717, 1.165) is 17.0 Å². The highest BCUT2D eigenvalue weighted by Gasteiger charge is 2.12. The zero-order chi connectivity index (χ0) is 18.9. The summed E-state index contributed by atoms with van der Waals surface area (Å²) in [6.45, 7) is 3.07. The Balaban J connectivity index is 2.00. The first-order valence-corrected chi connectivity index (χ1v) is 8.58. The number of nitrogens with one attached hydrogen (secondary N) is 2. The van der Waals surface area contributed by atoms with Crippen LogP contribution in [0.2, 0.25) is 0 Å². The molecule has 0 saturated carbocycles. The van der Waals surface area contributed by atoms with E-state index >= 15 is 0 Å². The van der Waals surface area contributed by atoms with Crippen molar-refractivity contribution < 1.29 is 18.9 Å². The first-order chi connectivity index (χ1) is 12.6. The predicted molar refractivity (Wildman–Crippen MR) is 107 cm³/mol. The molecule has 0 amide bonds. The van der Waals surface area contributed by atoms with E-state index in [2.05, 4.69) is 10.6 Å². The molecule has 26 heavy (non-hydrogen) atoms. The summed E-state index contributed by atoms with van der Waals surface area (Å²) in [5.74, 6) is 2.77. The lowest BCUT2D eigenvalue weighted by Gasteiger charge is -2.16. The number of thiocarbonyl (C=S) groups is 1. The number of benzene rings is 2. The second-order valence-electron chi connectivity index (χ2n) is 5.28. The van der Waals surface area contributed by atoms with Crippen LogP contribution in [-0.2, 0) is 6.54 Å². The second-order valence-corrected chi connectivity index (χ2v) is 5.69. The number of hydrogen-bond donors (Lipinski definition) is 2. The van der Waals surface area contributed by atoms with Crippen LogP contribution < -0.4 is 29.6 Å². The van der Waals surface area contributed by atoms with Crippen LogP contribution in [0.15, 0.2) is 36.4 Å². The number of hydrogen-bond acceptors (Lipinski definition) is 5. The molecule has 0 spiro atoms. The highest BCUT2D eigenvalue weighted by atomic mass is 32.1. The molecule has 2 aromatic rings. The van der Waals surface area contributed by atoms with E-state index in [1.165, 1.54) is 0 Å². The first-order valence-electron chi connectivity index (χ1n) is 8.17. The highest BCUT2D eigenvalue weighted by molar-refractivity contribution is 7.80. The molecule has 6 nitrogen and oxygen atoms in total. The molecule has 0 saturated heterocycles. The molecule has 2 N–H and O–H groups in total. The Morgan fingerprint density at radius 3 is 2.12 bits per heavy atom. The van der Waals surface area contributed by atoms with Gasteiger partial charge in [0.05, 0.1) is 27.9 Å². The van der Waals surface area contributed by atoms with E-state index in [1.807, 2.05) is 37.3 Å². The molecule has 0 aliphatic carbocycles. The van der Waals surface area contributed by atoms with Gasteiger partial charge in [0, 0.05) is 23.9 Å². The second kappa shape index (κ2) is 9.72. The van der Waals surface area contributed by atoms with Gasteiger partial charge in [0.1, 0.15) is 11.5 Å². The largest absolute Gasteiger partial charge is 0.496 e. The fourth-order valence-electron chi connectivity index (χ4n) is 2.38. The Kier molecular flexibility index (Phi) is 7.35. The number of rotatable bonds is 8. The molecule has 0 radical (unpaired) electrons. The number of ether oxygens (including phenoxy) is 4. The van der Waals surface area contributed by atoms with E-state index in [-0.39, 0.29) is 0 Å². The zero-order valence-corrected chi connectivity index (χ0v) is 16.2. The Morgan fingerprint density at radius 1 is 0.923 bits per heavy atom. The summed E-state index contributed by atoms with van der Waals surface area (Å²) >= 11 is 5.36. The maximum atomic E-state index is 5.43. The van der Waals surface area contributed by atoms with Crippen molar-refractivity contribution in [1.82, 2.24) is 5.32 Å². The fraction of sp³-hybridized carbons (Fsp3) is 0.316. The van der Waals surface area contributed by atoms with Crippen molar-refractivity contribution in [3.63, 3.8) is 0 Å². The van der Waals surface area contributed by atoms with E-state index in [0.29, 0.717) is 35.5 Å². The lowest BCUT2D eigenvalue weighted by Crippen LogP contribution is -2.28. The summed E-state index contributed by atoms with van der Waals surface area (Å²) in [6, 6.07) is 11.3. The molecule has 0 aromatic heterocycles. The molecule has 0 aliphatic heterocycles. The molecule has 2 aromatic carbocycles. The van der Waals surface area contributed by atoms with Gasteiger partial charge in [-0.15, -0.1) is 0 Å². The molecule has 7 heteroatoms. The van der Waals surface area contributed by atoms with Crippen LogP contribution in [0.3, 0.4) is 0 Å². The van der Waals surface area contributed by atoms with Crippen LogP contribution in [0.1, 0.15) is 12.5 Å². The minimum Gasteiger partial charge on any atom is -0.496 e. The predicted octanol–water partition coefficient (Wildman–Crippen LogP) is 3.60. The van der Waals surface area contributed by atoms with Gasteiger partial charge in [-0.1, -0.05) is 0 Å². The molecule has 140 valence electrons. The van der Waals surface area contributed by atoms with E-state index in [4.69, 9.17) is 31.2 Å². The van der Waals surface area contributed by atoms with Gasteiger partial charge < -0.3 is 29.6 Å². The molecule has 0 atom stereocenters. The summed E-state index contributed by atoms with van der Waals surface area (Å²) in [4.78, 5) is 0. The average molecular weight is 376 g/mol. The fourth-order valence-corrected chi connectivity index (χ4v) is 2.57. The van der Waals surface area contributed by atoms with Crippen molar-refractivity contribution >= 4 is 23.0 Å². The van der Waals surface area contributed by atoms with Crippen LogP contribution in [0.5, 0.6) is 23.0 Å². The summed E-state index contributed by atoms with van der Waals surface area (Å²) in [5, 5.41) is 6.81. The van der Waals surface area contributed by atoms with E-state index < -0.39 is 0 Å². The van der Waals surface area contributed by atoms with Crippen molar-refractivity contribution in [2.75, 3.05) is 33.3 Å². The molecule has 2 rings (SSSR count). The lowest BCUT2D eigenvalue weighted by atomic mass is 10.1. The molecular formula is C19H24N2O4S. The van der Waals surface area contributed by atoms with Gasteiger partial charge in [-0.05, 0) is 49.5 Å². The Labute approximate surface area is 159 Å². The summed E-state index contributed by atoms with van der Waals surface area (Å²) < 4.78 is 21.5. The molecule has 0 aliphatic rings. The van der Waals surface area contributed by atoms with Gasteiger partial charge in [-0.3, -0.25) is 0 Å². The summed E-state index contributed by atoms with van der Waals surface area (Å²) in [7, 11) is 4.80. The summed E-state index contributed by atoms with van der Waals surface area (Å²) in [6.07, 6.45) is 0. The zero-order valence-electron chi connectivity index (χ0n) is 15.4. The van der Waals surface area contributed by atoms with E-state index in [1.54, 1.807) is 27.4 Å². The quantitative estimate of drug-likeness (QED) is 0.683. The number of methoxy groups -OCH3 is 3. The standard InChI is InChI=1S/C19H24N2O4S/c1-5-25-15-8-6-14(7-9-15)21-19(26)20-12-13-10-17(23-3)18(24-4)11-16(13)22-2/h6-11H,5,12H2,1-4H3,(H2,20,21,26). The molecule has 0 fully saturated rings. The van der Waals surface area contributed by atoms with Gasteiger partial charge in [-0.2, -0.15) is 0 Å². The van der Waals surface area contributed by atoms with Crippen molar-refractivity contribution in [2.24, 2.45) is 0 Å². The Bertz CT molecular complexity index is 735.